The molecular weight excluding hydrogens is 408 g/mol. The number of carbonyl (C=O) groups is 2. The van der Waals surface area contributed by atoms with Crippen molar-refractivity contribution in [1.82, 2.24) is 29.5 Å². The lowest BCUT2D eigenvalue weighted by molar-refractivity contribution is 0.102. The van der Waals surface area contributed by atoms with E-state index in [9.17, 15) is 9.59 Å². The van der Waals surface area contributed by atoms with Gasteiger partial charge in [0.2, 0.25) is 0 Å². The summed E-state index contributed by atoms with van der Waals surface area (Å²) in [6.07, 6.45) is 3.24. The van der Waals surface area contributed by atoms with Crippen molar-refractivity contribution in [2.45, 2.75) is 19.9 Å². The molecule has 10 nitrogen and oxygen atoms in total. The summed E-state index contributed by atoms with van der Waals surface area (Å²) in [7, 11) is 1.73. The maximum absolute atomic E-state index is 12.8. The second-order valence-corrected chi connectivity index (χ2v) is 7.39. The van der Waals surface area contributed by atoms with Crippen LogP contribution in [0.4, 0.5) is 11.6 Å². The second-order valence-electron chi connectivity index (χ2n) is 7.39. The summed E-state index contributed by atoms with van der Waals surface area (Å²) < 4.78 is 3.45. The maximum atomic E-state index is 12.8. The average Bonchev–Trinajstić information content (AvgIpc) is 3.43. The van der Waals surface area contributed by atoms with Crippen LogP contribution in [0.1, 0.15) is 40.6 Å². The van der Waals surface area contributed by atoms with Crippen LogP contribution in [0.15, 0.2) is 61.1 Å². The van der Waals surface area contributed by atoms with Crippen LogP contribution in [0.25, 0.3) is 11.5 Å². The third-order valence-electron chi connectivity index (χ3n) is 4.80. The fraction of sp³-hybridized carbons (Fsp3) is 0.182. The molecule has 32 heavy (non-hydrogen) atoms. The first-order valence-corrected chi connectivity index (χ1v) is 10.00. The van der Waals surface area contributed by atoms with Gasteiger partial charge in [0, 0.05) is 30.3 Å². The molecule has 3 heterocycles. The van der Waals surface area contributed by atoms with Crippen molar-refractivity contribution >= 4 is 23.5 Å². The highest BCUT2D eigenvalue weighted by atomic mass is 16.2. The molecule has 0 radical (unpaired) electrons. The molecule has 0 saturated heterocycles. The first-order valence-electron chi connectivity index (χ1n) is 10.00. The van der Waals surface area contributed by atoms with E-state index in [-0.39, 0.29) is 17.9 Å². The van der Waals surface area contributed by atoms with Crippen molar-refractivity contribution in [3.05, 3.63) is 72.2 Å². The van der Waals surface area contributed by atoms with E-state index in [4.69, 9.17) is 0 Å². The Balaban J connectivity index is 1.51. The predicted molar refractivity (Wildman–Crippen MR) is 119 cm³/mol. The minimum Gasteiger partial charge on any atom is -0.310 e. The number of hydrogen-bond donors (Lipinski definition) is 2. The third kappa shape index (κ3) is 4.38. The molecule has 4 aromatic rings. The molecular formula is C22H22N8O2. The van der Waals surface area contributed by atoms with Crippen LogP contribution in [0.3, 0.4) is 0 Å². The van der Waals surface area contributed by atoms with Gasteiger partial charge in [0.25, 0.3) is 11.8 Å². The first-order chi connectivity index (χ1) is 15.4. The van der Waals surface area contributed by atoms with Gasteiger partial charge in [-0.2, -0.15) is 5.10 Å². The fourth-order valence-electron chi connectivity index (χ4n) is 3.11. The zero-order valence-corrected chi connectivity index (χ0v) is 17.9. The van der Waals surface area contributed by atoms with Gasteiger partial charge in [0.1, 0.15) is 23.7 Å². The van der Waals surface area contributed by atoms with Crippen LogP contribution in [0.5, 0.6) is 0 Å². The summed E-state index contributed by atoms with van der Waals surface area (Å²) in [6.45, 7) is 4.05. The lowest BCUT2D eigenvalue weighted by Gasteiger charge is -2.11. The van der Waals surface area contributed by atoms with Crippen LogP contribution in [0, 0.1) is 0 Å². The van der Waals surface area contributed by atoms with Crippen molar-refractivity contribution in [2.24, 2.45) is 7.05 Å². The maximum Gasteiger partial charge on any atom is 0.256 e. The zero-order chi connectivity index (χ0) is 22.7. The molecule has 0 aliphatic carbocycles. The molecule has 0 fully saturated rings. The van der Waals surface area contributed by atoms with Crippen molar-refractivity contribution in [2.75, 3.05) is 10.6 Å². The Kier molecular flexibility index (Phi) is 5.75. The van der Waals surface area contributed by atoms with Gasteiger partial charge in [-0.15, -0.1) is 10.2 Å². The van der Waals surface area contributed by atoms with E-state index in [1.807, 2.05) is 24.5 Å². The Labute approximate surface area is 184 Å². The molecule has 0 spiro atoms. The van der Waals surface area contributed by atoms with E-state index in [0.717, 1.165) is 0 Å². The van der Waals surface area contributed by atoms with Gasteiger partial charge in [-0.05, 0) is 44.2 Å². The number of nitrogens with one attached hydrogen (secondary N) is 2. The number of rotatable bonds is 6. The van der Waals surface area contributed by atoms with Gasteiger partial charge < -0.3 is 15.2 Å². The SMILES string of the molecule is CC(C)n1cnnc1-c1cccc(NC(=O)c2cccc(C(=O)Nc3ccnn3C)c2)n1. The van der Waals surface area contributed by atoms with Crippen LogP contribution in [0.2, 0.25) is 0 Å². The van der Waals surface area contributed by atoms with Gasteiger partial charge >= 0.3 is 0 Å². The Morgan fingerprint density at radius 2 is 1.69 bits per heavy atom. The van der Waals surface area contributed by atoms with Crippen LogP contribution in [-0.4, -0.2) is 41.3 Å². The number of nitrogens with zero attached hydrogens (tertiary/aromatic N) is 6. The summed E-state index contributed by atoms with van der Waals surface area (Å²) in [5.74, 6) is 0.826. The van der Waals surface area contributed by atoms with Crippen molar-refractivity contribution in [3.63, 3.8) is 0 Å². The van der Waals surface area contributed by atoms with E-state index in [1.54, 1.807) is 60.7 Å². The van der Waals surface area contributed by atoms with Gasteiger partial charge in [-0.25, -0.2) is 4.98 Å². The molecule has 4 rings (SSSR count). The molecule has 0 unspecified atom stereocenters. The lowest BCUT2D eigenvalue weighted by atomic mass is 10.1. The minimum atomic E-state index is -0.379. The van der Waals surface area contributed by atoms with Crippen LogP contribution in [-0.2, 0) is 7.05 Å². The number of carbonyl (C=O) groups excluding carboxylic acids is 2. The third-order valence-corrected chi connectivity index (χ3v) is 4.80. The normalized spacial score (nSPS) is 10.9. The molecule has 3 aromatic heterocycles. The molecule has 2 N–H and O–H groups in total. The quantitative estimate of drug-likeness (QED) is 0.485. The Morgan fingerprint density at radius 3 is 2.38 bits per heavy atom. The summed E-state index contributed by atoms with van der Waals surface area (Å²) in [5, 5.41) is 17.7. The highest BCUT2D eigenvalue weighted by molar-refractivity contribution is 6.08. The summed E-state index contributed by atoms with van der Waals surface area (Å²) in [6, 6.07) is 13.6. The average molecular weight is 430 g/mol. The number of amides is 2. The molecule has 0 bridgehead atoms. The summed E-state index contributed by atoms with van der Waals surface area (Å²) in [5.41, 5.74) is 1.28. The molecule has 0 aliphatic rings. The highest BCUT2D eigenvalue weighted by Gasteiger charge is 2.15. The topological polar surface area (TPSA) is 120 Å². The number of aryl methyl sites for hydroxylation is 1. The molecule has 0 atom stereocenters. The second kappa shape index (κ2) is 8.80. The largest absolute Gasteiger partial charge is 0.310 e. The van der Waals surface area contributed by atoms with Gasteiger partial charge in [-0.1, -0.05) is 12.1 Å². The molecule has 0 aliphatic heterocycles. The van der Waals surface area contributed by atoms with Crippen molar-refractivity contribution in [1.29, 1.82) is 0 Å². The van der Waals surface area contributed by atoms with E-state index >= 15 is 0 Å². The Bertz CT molecular complexity index is 1270. The summed E-state index contributed by atoms with van der Waals surface area (Å²) >= 11 is 0. The number of benzene rings is 1. The molecule has 2 amide bonds. The van der Waals surface area contributed by atoms with Crippen LogP contribution >= 0.6 is 0 Å². The standard InChI is InChI=1S/C22H22N8O2/c1-14(2)30-13-23-28-20(30)17-8-5-9-18(25-17)26-21(31)15-6-4-7-16(12-15)22(32)27-19-10-11-24-29(19)3/h4-14H,1-3H3,(H,27,32)(H,25,26,31). The lowest BCUT2D eigenvalue weighted by Crippen LogP contribution is -2.17. The van der Waals surface area contributed by atoms with Gasteiger partial charge in [0.05, 0.1) is 6.20 Å². The van der Waals surface area contributed by atoms with Crippen molar-refractivity contribution in [3.8, 4) is 11.5 Å². The smallest absolute Gasteiger partial charge is 0.256 e. The van der Waals surface area contributed by atoms with Gasteiger partial charge in [0.15, 0.2) is 5.82 Å². The predicted octanol–water partition coefficient (Wildman–Crippen LogP) is 3.16. The first kappa shape index (κ1) is 20.9. The number of hydrogen-bond acceptors (Lipinski definition) is 6. The Hall–Kier alpha value is -4.34. The number of anilines is 2. The number of pyridine rings is 1. The van der Waals surface area contributed by atoms with E-state index in [0.29, 0.717) is 34.3 Å². The van der Waals surface area contributed by atoms with Crippen molar-refractivity contribution < 1.29 is 9.59 Å². The Morgan fingerprint density at radius 1 is 0.969 bits per heavy atom. The van der Waals surface area contributed by atoms with E-state index in [1.165, 1.54) is 6.07 Å². The van der Waals surface area contributed by atoms with E-state index in [2.05, 4.69) is 30.9 Å². The minimum absolute atomic E-state index is 0.167. The molecule has 162 valence electrons. The molecule has 1 aromatic carbocycles. The highest BCUT2D eigenvalue weighted by Crippen LogP contribution is 2.20. The monoisotopic (exact) mass is 430 g/mol. The van der Waals surface area contributed by atoms with E-state index < -0.39 is 0 Å². The van der Waals surface area contributed by atoms with Crippen LogP contribution < -0.4 is 10.6 Å². The molecule has 0 saturated carbocycles. The number of aromatic nitrogens is 6. The van der Waals surface area contributed by atoms with Gasteiger partial charge in [-0.3, -0.25) is 14.3 Å². The summed E-state index contributed by atoms with van der Waals surface area (Å²) in [4.78, 5) is 29.8. The fourth-order valence-corrected chi connectivity index (χ4v) is 3.11. The zero-order valence-electron chi connectivity index (χ0n) is 17.9. The molecule has 10 heteroatoms.